The van der Waals surface area contributed by atoms with Gasteiger partial charge in [-0.1, -0.05) is 44.4 Å². The third-order valence-electron chi connectivity index (χ3n) is 7.97. The lowest BCUT2D eigenvalue weighted by Gasteiger charge is -2.20. The van der Waals surface area contributed by atoms with Crippen LogP contribution < -0.4 is 17.1 Å². The van der Waals surface area contributed by atoms with Gasteiger partial charge in [0.1, 0.15) is 39.6 Å². The zero-order valence-electron chi connectivity index (χ0n) is 31.6. The first-order chi connectivity index (χ1) is 27.1. The summed E-state index contributed by atoms with van der Waals surface area (Å²) in [6.07, 6.45) is 3.42. The van der Waals surface area contributed by atoms with Crippen LogP contribution in [0.1, 0.15) is 47.9 Å². The van der Waals surface area contributed by atoms with Crippen molar-refractivity contribution < 1.29 is 62.3 Å². The Bertz CT molecular complexity index is 2150. The maximum absolute atomic E-state index is 13.4. The summed E-state index contributed by atoms with van der Waals surface area (Å²) in [5.74, 6) is -5.59. The van der Waals surface area contributed by atoms with Crippen LogP contribution in [0, 0.1) is 5.92 Å². The van der Waals surface area contributed by atoms with E-state index in [2.05, 4.69) is 13.2 Å². The number of aromatic nitrogens is 3. The SMILES string of the molecule is C=C(C)C(=O)OCCOC(=O)C1=C(C(=O)OCCn2c(=O)n(CCO)c(=O)n(CCOC(=O)c3ccccc3C(=O)OCCOC(=O)C(=C)C)c2=O)C(C)CC=C1. The number of nitrogens with zero attached hydrogens (tertiary/aromatic N) is 3. The van der Waals surface area contributed by atoms with Crippen molar-refractivity contribution in [1.82, 2.24) is 13.7 Å². The first-order valence-electron chi connectivity index (χ1n) is 17.5. The monoisotopic (exact) mass is 797 g/mol. The van der Waals surface area contributed by atoms with Crippen molar-refractivity contribution in [1.29, 1.82) is 0 Å². The minimum absolute atomic E-state index is 0.0304. The highest BCUT2D eigenvalue weighted by atomic mass is 16.6. The van der Waals surface area contributed by atoms with Gasteiger partial charge in [0.25, 0.3) is 0 Å². The molecule has 1 aliphatic rings. The molecule has 1 N–H and O–H groups in total. The fourth-order valence-electron chi connectivity index (χ4n) is 5.10. The molecule has 0 amide bonds. The number of aliphatic hydroxyl groups is 1. The fourth-order valence-corrected chi connectivity index (χ4v) is 5.10. The van der Waals surface area contributed by atoms with E-state index in [1.165, 1.54) is 44.2 Å². The highest BCUT2D eigenvalue weighted by Crippen LogP contribution is 2.27. The molecule has 0 bridgehead atoms. The number of carbonyl (C=O) groups is 6. The number of hydrogen-bond acceptors (Lipinski definition) is 16. The topological polar surface area (TPSA) is 244 Å². The minimum atomic E-state index is -1.15. The van der Waals surface area contributed by atoms with E-state index in [-0.39, 0.29) is 59.8 Å². The summed E-state index contributed by atoms with van der Waals surface area (Å²) in [6.45, 7) is 6.89. The number of allylic oxidation sites excluding steroid dienone is 1. The highest BCUT2D eigenvalue weighted by Gasteiger charge is 2.29. The Hall–Kier alpha value is -6.63. The van der Waals surface area contributed by atoms with E-state index in [9.17, 15) is 48.3 Å². The van der Waals surface area contributed by atoms with Gasteiger partial charge in [-0.05, 0) is 38.3 Å². The predicted molar refractivity (Wildman–Crippen MR) is 197 cm³/mol. The third-order valence-corrected chi connectivity index (χ3v) is 7.97. The Balaban J connectivity index is 1.71. The van der Waals surface area contributed by atoms with Crippen molar-refractivity contribution in [3.05, 3.63) is 114 Å². The third kappa shape index (κ3) is 12.2. The smallest absolute Gasteiger partial charge is 0.339 e. The second-order valence-electron chi connectivity index (χ2n) is 12.3. The van der Waals surface area contributed by atoms with Gasteiger partial charge in [-0.15, -0.1) is 0 Å². The molecule has 1 heterocycles. The van der Waals surface area contributed by atoms with E-state index < -0.39 is 98.3 Å². The maximum Gasteiger partial charge on any atom is 0.339 e. The summed E-state index contributed by atoms with van der Waals surface area (Å²) in [5.41, 5.74) is -3.59. The van der Waals surface area contributed by atoms with Gasteiger partial charge in [0, 0.05) is 11.1 Å². The largest absolute Gasteiger partial charge is 0.460 e. The van der Waals surface area contributed by atoms with Gasteiger partial charge >= 0.3 is 52.9 Å². The lowest BCUT2D eigenvalue weighted by atomic mass is 9.88. The zero-order chi connectivity index (χ0) is 42.2. The molecule has 1 atom stereocenters. The number of ether oxygens (including phenoxy) is 6. The Morgan fingerprint density at radius 3 is 1.49 bits per heavy atom. The number of hydrogen-bond donors (Lipinski definition) is 1. The van der Waals surface area contributed by atoms with Gasteiger partial charge in [0.15, 0.2) is 0 Å². The molecule has 0 spiro atoms. The first kappa shape index (κ1) is 44.8. The number of carbonyl (C=O) groups excluding carboxylic acids is 6. The molecule has 0 saturated heterocycles. The van der Waals surface area contributed by atoms with Crippen LogP contribution in [-0.2, 0) is 67.2 Å². The molecule has 0 saturated carbocycles. The Morgan fingerprint density at radius 1 is 0.632 bits per heavy atom. The number of rotatable bonds is 20. The van der Waals surface area contributed by atoms with Crippen LogP contribution in [0.15, 0.2) is 86.3 Å². The zero-order valence-corrected chi connectivity index (χ0v) is 31.6. The summed E-state index contributed by atoms with van der Waals surface area (Å²) in [7, 11) is 0. The summed E-state index contributed by atoms with van der Waals surface area (Å²) in [6, 6.07) is 5.48. The predicted octanol–water partition coefficient (Wildman–Crippen LogP) is 0.395. The summed E-state index contributed by atoms with van der Waals surface area (Å²) < 4.78 is 32.3. The van der Waals surface area contributed by atoms with Crippen molar-refractivity contribution in [2.75, 3.05) is 46.2 Å². The summed E-state index contributed by atoms with van der Waals surface area (Å²) in [5, 5.41) is 9.51. The lowest BCUT2D eigenvalue weighted by molar-refractivity contribution is -0.147. The molecule has 0 radical (unpaired) electrons. The van der Waals surface area contributed by atoms with Crippen LogP contribution in [0.2, 0.25) is 0 Å². The van der Waals surface area contributed by atoms with E-state index in [0.717, 1.165) is 0 Å². The number of aliphatic hydroxyl groups excluding tert-OH is 1. The van der Waals surface area contributed by atoms with E-state index in [1.54, 1.807) is 13.0 Å². The normalized spacial score (nSPS) is 13.3. The van der Waals surface area contributed by atoms with Crippen LogP contribution >= 0.6 is 0 Å². The molecule has 57 heavy (non-hydrogen) atoms. The maximum atomic E-state index is 13.4. The van der Waals surface area contributed by atoms with Gasteiger partial charge < -0.3 is 33.5 Å². The molecular formula is C38H43N3O16. The van der Waals surface area contributed by atoms with Gasteiger partial charge in [0.05, 0.1) is 48.5 Å². The Labute approximate surface area is 325 Å². The van der Waals surface area contributed by atoms with Crippen molar-refractivity contribution in [3.63, 3.8) is 0 Å². The average Bonchev–Trinajstić information content (AvgIpc) is 3.18. The Morgan fingerprint density at radius 2 is 1.04 bits per heavy atom. The van der Waals surface area contributed by atoms with Gasteiger partial charge in [0.2, 0.25) is 0 Å². The van der Waals surface area contributed by atoms with Crippen LogP contribution in [0.4, 0.5) is 0 Å². The molecule has 0 aliphatic heterocycles. The van der Waals surface area contributed by atoms with Crippen LogP contribution in [0.25, 0.3) is 0 Å². The molecule has 0 fully saturated rings. The molecule has 2 aromatic rings. The summed E-state index contributed by atoms with van der Waals surface area (Å²) >= 11 is 0. The molecule has 1 aromatic heterocycles. The average molecular weight is 798 g/mol. The van der Waals surface area contributed by atoms with Gasteiger partial charge in [-0.2, -0.15) is 0 Å². The number of benzene rings is 1. The quantitative estimate of drug-likeness (QED) is 0.0825. The first-order valence-corrected chi connectivity index (χ1v) is 17.5. The second kappa shape index (κ2) is 21.5. The second-order valence-corrected chi connectivity index (χ2v) is 12.3. The van der Waals surface area contributed by atoms with Crippen molar-refractivity contribution in [2.45, 2.75) is 46.8 Å². The van der Waals surface area contributed by atoms with Gasteiger partial charge in [-0.3, -0.25) is 0 Å². The molecule has 1 aliphatic carbocycles. The molecule has 1 unspecified atom stereocenters. The molecular weight excluding hydrogens is 754 g/mol. The molecule has 19 nitrogen and oxygen atoms in total. The van der Waals surface area contributed by atoms with Crippen molar-refractivity contribution >= 4 is 35.8 Å². The minimum Gasteiger partial charge on any atom is -0.460 e. The van der Waals surface area contributed by atoms with Crippen molar-refractivity contribution in [2.24, 2.45) is 5.92 Å². The van der Waals surface area contributed by atoms with E-state index in [1.807, 2.05) is 0 Å². The van der Waals surface area contributed by atoms with Gasteiger partial charge in [-0.25, -0.2) is 56.9 Å². The lowest BCUT2D eigenvalue weighted by Crippen LogP contribution is -2.55. The molecule has 19 heteroatoms. The van der Waals surface area contributed by atoms with Crippen LogP contribution in [0.5, 0.6) is 0 Å². The number of esters is 6. The summed E-state index contributed by atoms with van der Waals surface area (Å²) in [4.78, 5) is 114. The highest BCUT2D eigenvalue weighted by molar-refractivity contribution is 6.04. The Kier molecular flexibility index (Phi) is 16.9. The van der Waals surface area contributed by atoms with Crippen LogP contribution in [0.3, 0.4) is 0 Å². The van der Waals surface area contributed by atoms with Crippen LogP contribution in [-0.4, -0.2) is 101 Å². The molecule has 1 aromatic carbocycles. The van der Waals surface area contributed by atoms with E-state index >= 15 is 0 Å². The van der Waals surface area contributed by atoms with E-state index in [4.69, 9.17) is 28.4 Å². The standard InChI is InChI=1S/C38H43N3O16/c1-23(2)30(43)54-19-21-56-33(46)27-11-7-6-10-26(27)32(45)52-17-14-40-36(49)39(13-16-42)37(50)41(38(40)51)15-18-53-35(48)29-25(5)9-8-12-28(29)34(47)57-22-20-55-31(44)24(3)4/h6-8,10-12,25,42H,1,3,9,13-22H2,2,4-5H3. The van der Waals surface area contributed by atoms with E-state index in [0.29, 0.717) is 20.1 Å². The molecule has 306 valence electrons. The fraction of sp³-hybridized carbons (Fsp3) is 0.395. The molecule has 3 rings (SSSR count). The van der Waals surface area contributed by atoms with Crippen molar-refractivity contribution in [3.8, 4) is 0 Å².